The second-order valence-corrected chi connectivity index (χ2v) is 7.09. The van der Waals surface area contributed by atoms with Crippen molar-refractivity contribution in [2.75, 3.05) is 45.8 Å². The van der Waals surface area contributed by atoms with Crippen molar-refractivity contribution in [3.63, 3.8) is 0 Å². The fraction of sp³-hybridized carbons (Fsp3) is 0.611. The van der Waals surface area contributed by atoms with Crippen LogP contribution in [0.2, 0.25) is 5.02 Å². The number of benzene rings is 1. The van der Waals surface area contributed by atoms with E-state index in [0.29, 0.717) is 10.6 Å². The molecule has 1 aromatic rings. The van der Waals surface area contributed by atoms with Gasteiger partial charge in [0.25, 0.3) is 5.91 Å². The van der Waals surface area contributed by atoms with Gasteiger partial charge in [0, 0.05) is 36.8 Å². The monoisotopic (exact) mass is 335 g/mol. The standard InChI is InChI=1S/C18H26ClN3O/c19-17-4-1-3-16(13-17)18(23)22-10-2-9-21(11-12-22)14-15-5-7-20-8-6-15/h1,3-4,13,15,20H,2,5-12,14H2. The number of carbonyl (C=O) groups excluding carboxylic acids is 1. The largest absolute Gasteiger partial charge is 0.337 e. The van der Waals surface area contributed by atoms with Crippen LogP contribution in [-0.2, 0) is 0 Å². The summed E-state index contributed by atoms with van der Waals surface area (Å²) in [6.07, 6.45) is 3.61. The predicted octanol–water partition coefficient (Wildman–Crippen LogP) is 2.49. The Balaban J connectivity index is 1.54. The first kappa shape index (κ1) is 16.7. The van der Waals surface area contributed by atoms with Crippen LogP contribution in [0.5, 0.6) is 0 Å². The summed E-state index contributed by atoms with van der Waals surface area (Å²) in [5, 5.41) is 4.05. The maximum absolute atomic E-state index is 12.6. The van der Waals surface area contributed by atoms with Gasteiger partial charge in [0.15, 0.2) is 0 Å². The van der Waals surface area contributed by atoms with Crippen LogP contribution in [0.4, 0.5) is 0 Å². The lowest BCUT2D eigenvalue weighted by molar-refractivity contribution is 0.0760. The minimum Gasteiger partial charge on any atom is -0.337 e. The molecule has 0 aliphatic carbocycles. The van der Waals surface area contributed by atoms with Gasteiger partial charge in [-0.1, -0.05) is 17.7 Å². The first-order valence-corrected chi connectivity index (χ1v) is 9.08. The van der Waals surface area contributed by atoms with Crippen LogP contribution in [0.1, 0.15) is 29.6 Å². The van der Waals surface area contributed by atoms with E-state index in [-0.39, 0.29) is 5.91 Å². The summed E-state index contributed by atoms with van der Waals surface area (Å²) in [7, 11) is 0. The molecule has 1 N–H and O–H groups in total. The molecule has 2 aliphatic heterocycles. The summed E-state index contributed by atoms with van der Waals surface area (Å²) in [6.45, 7) is 7.22. The highest BCUT2D eigenvalue weighted by Crippen LogP contribution is 2.17. The van der Waals surface area contributed by atoms with E-state index in [4.69, 9.17) is 11.6 Å². The van der Waals surface area contributed by atoms with Crippen LogP contribution in [0.25, 0.3) is 0 Å². The van der Waals surface area contributed by atoms with Gasteiger partial charge in [0.2, 0.25) is 0 Å². The summed E-state index contributed by atoms with van der Waals surface area (Å²) in [4.78, 5) is 17.2. The second-order valence-electron chi connectivity index (χ2n) is 6.65. The molecule has 2 fully saturated rings. The highest BCUT2D eigenvalue weighted by molar-refractivity contribution is 6.30. The molecule has 5 heteroatoms. The Morgan fingerprint density at radius 3 is 2.78 bits per heavy atom. The third-order valence-electron chi connectivity index (χ3n) is 4.92. The van der Waals surface area contributed by atoms with E-state index in [0.717, 1.165) is 51.6 Å². The van der Waals surface area contributed by atoms with E-state index in [1.807, 2.05) is 23.1 Å². The van der Waals surface area contributed by atoms with Gasteiger partial charge in [-0.15, -0.1) is 0 Å². The lowest BCUT2D eigenvalue weighted by Gasteiger charge is -2.29. The maximum Gasteiger partial charge on any atom is 0.253 e. The molecule has 0 atom stereocenters. The molecule has 126 valence electrons. The molecule has 2 aliphatic rings. The zero-order chi connectivity index (χ0) is 16.1. The number of piperidine rings is 1. The smallest absolute Gasteiger partial charge is 0.253 e. The Hall–Kier alpha value is -1.10. The van der Waals surface area contributed by atoms with Crippen molar-refractivity contribution in [3.05, 3.63) is 34.9 Å². The molecule has 0 radical (unpaired) electrons. The average molecular weight is 336 g/mol. The van der Waals surface area contributed by atoms with Crippen LogP contribution in [0.15, 0.2) is 24.3 Å². The molecule has 2 saturated heterocycles. The first-order chi connectivity index (χ1) is 11.2. The van der Waals surface area contributed by atoms with Gasteiger partial charge in [-0.2, -0.15) is 0 Å². The number of hydrogen-bond donors (Lipinski definition) is 1. The minimum atomic E-state index is 0.108. The van der Waals surface area contributed by atoms with Crippen LogP contribution in [0, 0.1) is 5.92 Å². The molecule has 4 nitrogen and oxygen atoms in total. The van der Waals surface area contributed by atoms with Crippen LogP contribution in [0.3, 0.4) is 0 Å². The van der Waals surface area contributed by atoms with Gasteiger partial charge in [0.1, 0.15) is 0 Å². The van der Waals surface area contributed by atoms with Crippen molar-refractivity contribution in [1.29, 1.82) is 0 Å². The molecule has 3 rings (SSSR count). The first-order valence-electron chi connectivity index (χ1n) is 8.70. The van der Waals surface area contributed by atoms with Crippen molar-refractivity contribution in [2.45, 2.75) is 19.3 Å². The van der Waals surface area contributed by atoms with Gasteiger partial charge < -0.3 is 15.1 Å². The zero-order valence-electron chi connectivity index (χ0n) is 13.6. The Bertz CT molecular complexity index is 531. The minimum absolute atomic E-state index is 0.108. The third-order valence-corrected chi connectivity index (χ3v) is 5.16. The molecule has 23 heavy (non-hydrogen) atoms. The Labute approximate surface area is 143 Å². The Morgan fingerprint density at radius 2 is 2.00 bits per heavy atom. The molecule has 0 saturated carbocycles. The number of hydrogen-bond acceptors (Lipinski definition) is 3. The maximum atomic E-state index is 12.6. The third kappa shape index (κ3) is 4.69. The Kier molecular flexibility index (Phi) is 5.92. The summed E-state index contributed by atoms with van der Waals surface area (Å²) in [5.74, 6) is 0.919. The predicted molar refractivity (Wildman–Crippen MR) is 94.0 cm³/mol. The molecule has 1 amide bonds. The molecule has 2 heterocycles. The normalized spacial score (nSPS) is 21.2. The molecule has 1 aromatic carbocycles. The SMILES string of the molecule is O=C(c1cccc(Cl)c1)N1CCCN(CC2CCNCC2)CC1. The molecule has 0 unspecified atom stereocenters. The van der Waals surface area contributed by atoms with E-state index in [1.54, 1.807) is 6.07 Å². The number of halogens is 1. The lowest BCUT2D eigenvalue weighted by Crippen LogP contribution is -2.39. The number of nitrogens with zero attached hydrogens (tertiary/aromatic N) is 2. The van der Waals surface area contributed by atoms with Crippen molar-refractivity contribution in [1.82, 2.24) is 15.1 Å². The van der Waals surface area contributed by atoms with Gasteiger partial charge in [-0.25, -0.2) is 0 Å². The van der Waals surface area contributed by atoms with Gasteiger partial charge in [0.05, 0.1) is 0 Å². The quantitative estimate of drug-likeness (QED) is 0.921. The van der Waals surface area contributed by atoms with E-state index in [1.165, 1.54) is 19.4 Å². The molecular weight excluding hydrogens is 310 g/mol. The Morgan fingerprint density at radius 1 is 1.17 bits per heavy atom. The number of rotatable bonds is 3. The van der Waals surface area contributed by atoms with Crippen molar-refractivity contribution in [3.8, 4) is 0 Å². The lowest BCUT2D eigenvalue weighted by atomic mass is 9.97. The summed E-state index contributed by atoms with van der Waals surface area (Å²) < 4.78 is 0. The highest BCUT2D eigenvalue weighted by Gasteiger charge is 2.22. The topological polar surface area (TPSA) is 35.6 Å². The summed E-state index contributed by atoms with van der Waals surface area (Å²) >= 11 is 6.01. The van der Waals surface area contributed by atoms with Crippen molar-refractivity contribution < 1.29 is 4.79 Å². The van der Waals surface area contributed by atoms with Crippen LogP contribution < -0.4 is 5.32 Å². The van der Waals surface area contributed by atoms with Gasteiger partial charge in [-0.05, 0) is 63.0 Å². The van der Waals surface area contributed by atoms with E-state index >= 15 is 0 Å². The van der Waals surface area contributed by atoms with Crippen molar-refractivity contribution >= 4 is 17.5 Å². The molecule has 0 aromatic heterocycles. The zero-order valence-corrected chi connectivity index (χ0v) is 14.4. The fourth-order valence-corrected chi connectivity index (χ4v) is 3.78. The van der Waals surface area contributed by atoms with Crippen molar-refractivity contribution in [2.24, 2.45) is 5.92 Å². The van der Waals surface area contributed by atoms with Crippen LogP contribution in [-0.4, -0.2) is 61.5 Å². The van der Waals surface area contributed by atoms with Crippen LogP contribution >= 0.6 is 11.6 Å². The van der Waals surface area contributed by atoms with Gasteiger partial charge >= 0.3 is 0 Å². The summed E-state index contributed by atoms with van der Waals surface area (Å²) in [6, 6.07) is 7.27. The van der Waals surface area contributed by atoms with E-state index < -0.39 is 0 Å². The summed E-state index contributed by atoms with van der Waals surface area (Å²) in [5.41, 5.74) is 0.698. The average Bonchev–Trinajstić information content (AvgIpc) is 2.81. The van der Waals surface area contributed by atoms with E-state index in [9.17, 15) is 4.79 Å². The second kappa shape index (κ2) is 8.13. The molecule has 0 spiro atoms. The fourth-order valence-electron chi connectivity index (χ4n) is 3.59. The molecule has 0 bridgehead atoms. The highest BCUT2D eigenvalue weighted by atomic mass is 35.5. The molecular formula is C18H26ClN3O. The number of amides is 1. The number of carbonyl (C=O) groups is 1. The number of nitrogens with one attached hydrogen (secondary N) is 1. The van der Waals surface area contributed by atoms with E-state index in [2.05, 4.69) is 10.2 Å². The van der Waals surface area contributed by atoms with Gasteiger partial charge in [-0.3, -0.25) is 4.79 Å².